The van der Waals surface area contributed by atoms with Crippen LogP contribution in [0.4, 0.5) is 0 Å². The number of para-hydroxylation sites is 1. The standard InChI is InChI=1S/C20H26N6/c1-3-21-20(22-11-15-25-12-6-7-13-25)23-16-18-8-4-5-9-19(18)26-14-10-17(2)24-26/h4-10,12-14H,3,11,15-16H2,1-2H3,(H2,21,22,23). The van der Waals surface area contributed by atoms with Crippen LogP contribution in [0.25, 0.3) is 5.69 Å². The zero-order chi connectivity index (χ0) is 18.2. The number of rotatable bonds is 7. The van der Waals surface area contributed by atoms with Gasteiger partial charge in [0.05, 0.1) is 17.9 Å². The van der Waals surface area contributed by atoms with Gasteiger partial charge in [-0.25, -0.2) is 9.67 Å². The molecule has 3 aromatic rings. The second-order valence-electron chi connectivity index (χ2n) is 6.07. The Bertz CT molecular complexity index is 832. The fraction of sp³-hybridized carbons (Fsp3) is 0.300. The summed E-state index contributed by atoms with van der Waals surface area (Å²) in [6.07, 6.45) is 6.11. The maximum Gasteiger partial charge on any atom is 0.191 e. The molecule has 0 atom stereocenters. The highest BCUT2D eigenvalue weighted by atomic mass is 15.3. The molecule has 0 unspecified atom stereocenters. The third kappa shape index (κ3) is 4.75. The van der Waals surface area contributed by atoms with Crippen LogP contribution in [0.1, 0.15) is 18.2 Å². The first-order valence-corrected chi connectivity index (χ1v) is 8.99. The summed E-state index contributed by atoms with van der Waals surface area (Å²) < 4.78 is 4.05. The van der Waals surface area contributed by atoms with E-state index in [1.165, 1.54) is 0 Å². The van der Waals surface area contributed by atoms with E-state index in [1.807, 2.05) is 48.1 Å². The van der Waals surface area contributed by atoms with Crippen molar-refractivity contribution in [2.45, 2.75) is 26.9 Å². The average molecular weight is 350 g/mol. The minimum absolute atomic E-state index is 0.591. The van der Waals surface area contributed by atoms with Crippen LogP contribution in [-0.4, -0.2) is 33.4 Å². The maximum absolute atomic E-state index is 4.74. The van der Waals surface area contributed by atoms with E-state index in [4.69, 9.17) is 4.99 Å². The largest absolute Gasteiger partial charge is 0.357 e. The van der Waals surface area contributed by atoms with E-state index in [1.54, 1.807) is 0 Å². The molecule has 0 spiro atoms. The molecule has 0 aliphatic heterocycles. The molecule has 6 heteroatoms. The van der Waals surface area contributed by atoms with Crippen molar-refractivity contribution in [1.82, 2.24) is 25.0 Å². The van der Waals surface area contributed by atoms with Crippen LogP contribution in [-0.2, 0) is 13.1 Å². The van der Waals surface area contributed by atoms with Gasteiger partial charge in [-0.3, -0.25) is 0 Å². The van der Waals surface area contributed by atoms with Gasteiger partial charge in [-0.05, 0) is 43.7 Å². The summed E-state index contributed by atoms with van der Waals surface area (Å²) in [5.41, 5.74) is 3.20. The molecule has 136 valence electrons. The Kier molecular flexibility index (Phi) is 6.09. The lowest BCUT2D eigenvalue weighted by molar-refractivity contribution is 0.665. The van der Waals surface area contributed by atoms with Crippen molar-refractivity contribution < 1.29 is 0 Å². The molecule has 2 N–H and O–H groups in total. The van der Waals surface area contributed by atoms with Crippen molar-refractivity contribution in [3.63, 3.8) is 0 Å². The molecule has 1 aromatic carbocycles. The SMILES string of the molecule is CCNC(=NCc1ccccc1-n1ccc(C)n1)NCCn1cccc1. The number of aromatic nitrogens is 3. The van der Waals surface area contributed by atoms with Gasteiger partial charge in [0.2, 0.25) is 0 Å². The second-order valence-corrected chi connectivity index (χ2v) is 6.07. The first-order valence-electron chi connectivity index (χ1n) is 8.99. The molecule has 0 amide bonds. The molecular weight excluding hydrogens is 324 g/mol. The first kappa shape index (κ1) is 17.8. The van der Waals surface area contributed by atoms with Gasteiger partial charge in [0.25, 0.3) is 0 Å². The topological polar surface area (TPSA) is 59.2 Å². The van der Waals surface area contributed by atoms with Gasteiger partial charge in [-0.2, -0.15) is 5.10 Å². The minimum atomic E-state index is 0.591. The van der Waals surface area contributed by atoms with Gasteiger partial charge in [-0.1, -0.05) is 18.2 Å². The Morgan fingerprint density at radius 1 is 1.04 bits per heavy atom. The Morgan fingerprint density at radius 3 is 2.58 bits per heavy atom. The number of aryl methyl sites for hydroxylation is 1. The number of guanidine groups is 1. The molecule has 2 heterocycles. The Labute approximate surface area is 154 Å². The van der Waals surface area contributed by atoms with E-state index in [2.05, 4.69) is 51.7 Å². The molecule has 0 bridgehead atoms. The average Bonchev–Trinajstić information content (AvgIpc) is 3.32. The highest BCUT2D eigenvalue weighted by Gasteiger charge is 2.05. The van der Waals surface area contributed by atoms with E-state index in [9.17, 15) is 0 Å². The van der Waals surface area contributed by atoms with Gasteiger partial charge >= 0.3 is 0 Å². The molecule has 0 aliphatic rings. The molecule has 0 fully saturated rings. The lowest BCUT2D eigenvalue weighted by Gasteiger charge is -2.13. The number of nitrogens with zero attached hydrogens (tertiary/aromatic N) is 4. The number of hydrogen-bond acceptors (Lipinski definition) is 2. The van der Waals surface area contributed by atoms with Crippen molar-refractivity contribution in [3.05, 3.63) is 72.3 Å². The summed E-state index contributed by atoms with van der Waals surface area (Å²) in [5.74, 6) is 0.825. The molecule has 0 radical (unpaired) electrons. The predicted octanol–water partition coefficient (Wildman–Crippen LogP) is 2.74. The summed E-state index contributed by atoms with van der Waals surface area (Å²) in [5, 5.41) is 11.2. The van der Waals surface area contributed by atoms with Crippen LogP contribution < -0.4 is 10.6 Å². The summed E-state index contributed by atoms with van der Waals surface area (Å²) in [6.45, 7) is 7.21. The number of benzene rings is 1. The molecule has 6 nitrogen and oxygen atoms in total. The molecule has 26 heavy (non-hydrogen) atoms. The van der Waals surface area contributed by atoms with Crippen LogP contribution in [0.3, 0.4) is 0 Å². The molecule has 0 saturated carbocycles. The molecular formula is C20H26N6. The lowest BCUT2D eigenvalue weighted by Crippen LogP contribution is -2.38. The van der Waals surface area contributed by atoms with Crippen molar-refractivity contribution in [3.8, 4) is 5.69 Å². The third-order valence-corrected chi connectivity index (χ3v) is 4.04. The summed E-state index contributed by atoms with van der Waals surface area (Å²) in [7, 11) is 0. The van der Waals surface area contributed by atoms with E-state index >= 15 is 0 Å². The van der Waals surface area contributed by atoms with E-state index in [-0.39, 0.29) is 0 Å². The number of aliphatic imine (C=N–C) groups is 1. The van der Waals surface area contributed by atoms with E-state index in [0.29, 0.717) is 6.54 Å². The fourth-order valence-electron chi connectivity index (χ4n) is 2.75. The monoisotopic (exact) mass is 350 g/mol. The van der Waals surface area contributed by atoms with Gasteiger partial charge in [0.1, 0.15) is 0 Å². The third-order valence-electron chi connectivity index (χ3n) is 4.04. The van der Waals surface area contributed by atoms with Crippen molar-refractivity contribution in [2.75, 3.05) is 13.1 Å². The molecule has 0 aliphatic carbocycles. The zero-order valence-electron chi connectivity index (χ0n) is 15.4. The fourth-order valence-corrected chi connectivity index (χ4v) is 2.75. The normalized spacial score (nSPS) is 11.5. The predicted molar refractivity (Wildman–Crippen MR) is 106 cm³/mol. The smallest absolute Gasteiger partial charge is 0.191 e. The Balaban J connectivity index is 1.67. The lowest BCUT2D eigenvalue weighted by atomic mass is 10.2. The van der Waals surface area contributed by atoms with Crippen molar-refractivity contribution in [1.29, 1.82) is 0 Å². The molecule has 2 aromatic heterocycles. The maximum atomic E-state index is 4.74. The first-order chi connectivity index (χ1) is 12.8. The number of hydrogen-bond donors (Lipinski definition) is 2. The van der Waals surface area contributed by atoms with E-state index < -0.39 is 0 Å². The van der Waals surface area contributed by atoms with Crippen LogP contribution in [0.2, 0.25) is 0 Å². The van der Waals surface area contributed by atoms with E-state index in [0.717, 1.165) is 42.5 Å². The Hall–Kier alpha value is -3.02. The Morgan fingerprint density at radius 2 is 1.85 bits per heavy atom. The second kappa shape index (κ2) is 8.89. The molecule has 3 rings (SSSR count). The van der Waals surface area contributed by atoms with Crippen molar-refractivity contribution >= 4 is 5.96 Å². The van der Waals surface area contributed by atoms with Crippen LogP contribution in [0.15, 0.2) is 66.0 Å². The van der Waals surface area contributed by atoms with Gasteiger partial charge < -0.3 is 15.2 Å². The molecule has 0 saturated heterocycles. The van der Waals surface area contributed by atoms with Gasteiger partial charge in [-0.15, -0.1) is 0 Å². The quantitative estimate of drug-likeness (QED) is 0.509. The number of nitrogens with one attached hydrogen (secondary N) is 2. The van der Waals surface area contributed by atoms with Gasteiger partial charge in [0, 0.05) is 38.2 Å². The highest BCUT2D eigenvalue weighted by Crippen LogP contribution is 2.15. The summed E-state index contributed by atoms with van der Waals surface area (Å²) in [6, 6.07) is 14.3. The van der Waals surface area contributed by atoms with Gasteiger partial charge in [0.15, 0.2) is 5.96 Å². The zero-order valence-corrected chi connectivity index (χ0v) is 15.4. The van der Waals surface area contributed by atoms with Crippen molar-refractivity contribution in [2.24, 2.45) is 4.99 Å². The van der Waals surface area contributed by atoms with Crippen LogP contribution in [0, 0.1) is 6.92 Å². The summed E-state index contributed by atoms with van der Waals surface area (Å²) >= 11 is 0. The van der Waals surface area contributed by atoms with Crippen LogP contribution >= 0.6 is 0 Å². The van der Waals surface area contributed by atoms with Crippen LogP contribution in [0.5, 0.6) is 0 Å². The summed E-state index contributed by atoms with van der Waals surface area (Å²) in [4.78, 5) is 4.74. The highest BCUT2D eigenvalue weighted by molar-refractivity contribution is 5.79. The minimum Gasteiger partial charge on any atom is -0.357 e.